The third kappa shape index (κ3) is 5.66. The molecule has 0 aliphatic heterocycles. The van der Waals surface area contributed by atoms with E-state index in [2.05, 4.69) is 23.5 Å². The Bertz CT molecular complexity index is 298. The zero-order chi connectivity index (χ0) is 11.6. The predicted molar refractivity (Wildman–Crippen MR) is 66.2 cm³/mol. The van der Waals surface area contributed by atoms with Gasteiger partial charge in [0.2, 0.25) is 0 Å². The average Bonchev–Trinajstić information content (AvgIpc) is 2.30. The number of methoxy groups -OCH3 is 1. The standard InChI is InChI=1S/C13H19NO2/c1-16-11-13(15)10-14-9-5-8-12-6-3-2-4-7-12/h2-8,13-15H,9-11H2,1H3. The van der Waals surface area contributed by atoms with Crippen LogP contribution in [-0.4, -0.2) is 38.0 Å². The van der Waals surface area contributed by atoms with Gasteiger partial charge in [-0.15, -0.1) is 0 Å². The predicted octanol–water partition coefficient (Wildman–Crippen LogP) is 1.30. The second kappa shape index (κ2) is 8.05. The van der Waals surface area contributed by atoms with Gasteiger partial charge in [-0.2, -0.15) is 0 Å². The smallest absolute Gasteiger partial charge is 0.0897 e. The molecular weight excluding hydrogens is 202 g/mol. The first-order valence-electron chi connectivity index (χ1n) is 5.42. The molecule has 88 valence electrons. The minimum Gasteiger partial charge on any atom is -0.389 e. The van der Waals surface area contributed by atoms with E-state index in [1.807, 2.05) is 24.3 Å². The van der Waals surface area contributed by atoms with Crippen LogP contribution in [0.4, 0.5) is 0 Å². The van der Waals surface area contributed by atoms with Gasteiger partial charge in [0.05, 0.1) is 12.7 Å². The molecule has 2 N–H and O–H groups in total. The third-order valence-electron chi connectivity index (χ3n) is 2.11. The van der Waals surface area contributed by atoms with Crippen molar-refractivity contribution in [1.82, 2.24) is 5.32 Å². The van der Waals surface area contributed by atoms with Crippen molar-refractivity contribution in [3.63, 3.8) is 0 Å². The van der Waals surface area contributed by atoms with E-state index in [1.165, 1.54) is 5.56 Å². The summed E-state index contributed by atoms with van der Waals surface area (Å²) in [4.78, 5) is 0. The largest absolute Gasteiger partial charge is 0.389 e. The van der Waals surface area contributed by atoms with E-state index < -0.39 is 6.10 Å². The highest BCUT2D eigenvalue weighted by Gasteiger charge is 1.99. The van der Waals surface area contributed by atoms with Crippen LogP contribution in [0.2, 0.25) is 0 Å². The van der Waals surface area contributed by atoms with Crippen LogP contribution in [0.5, 0.6) is 0 Å². The molecule has 1 atom stereocenters. The van der Waals surface area contributed by atoms with E-state index in [9.17, 15) is 5.11 Å². The molecule has 1 unspecified atom stereocenters. The number of aliphatic hydroxyl groups is 1. The van der Waals surface area contributed by atoms with Crippen LogP contribution in [0.3, 0.4) is 0 Å². The molecule has 16 heavy (non-hydrogen) atoms. The van der Waals surface area contributed by atoms with Gasteiger partial charge in [0, 0.05) is 20.2 Å². The van der Waals surface area contributed by atoms with Crippen molar-refractivity contribution >= 4 is 6.08 Å². The number of aliphatic hydroxyl groups excluding tert-OH is 1. The van der Waals surface area contributed by atoms with E-state index in [4.69, 9.17) is 4.74 Å². The summed E-state index contributed by atoms with van der Waals surface area (Å²) in [6.45, 7) is 1.66. The maximum atomic E-state index is 9.35. The lowest BCUT2D eigenvalue weighted by Gasteiger charge is -2.08. The summed E-state index contributed by atoms with van der Waals surface area (Å²) in [5.41, 5.74) is 1.18. The summed E-state index contributed by atoms with van der Waals surface area (Å²) in [7, 11) is 1.58. The first-order valence-corrected chi connectivity index (χ1v) is 5.42. The minimum absolute atomic E-state index is 0.370. The number of rotatable bonds is 7. The van der Waals surface area contributed by atoms with Gasteiger partial charge in [-0.05, 0) is 5.56 Å². The Kier molecular flexibility index (Phi) is 6.49. The summed E-state index contributed by atoms with van der Waals surface area (Å²) < 4.78 is 4.82. The summed E-state index contributed by atoms with van der Waals surface area (Å²) in [6, 6.07) is 10.1. The van der Waals surface area contributed by atoms with Crippen molar-refractivity contribution in [2.45, 2.75) is 6.10 Å². The molecule has 0 saturated carbocycles. The lowest BCUT2D eigenvalue weighted by molar-refractivity contribution is 0.0652. The Morgan fingerprint density at radius 3 is 2.81 bits per heavy atom. The maximum absolute atomic E-state index is 9.35. The van der Waals surface area contributed by atoms with E-state index in [0.29, 0.717) is 13.2 Å². The molecule has 1 aromatic carbocycles. The molecule has 0 saturated heterocycles. The van der Waals surface area contributed by atoms with E-state index >= 15 is 0 Å². The summed E-state index contributed by atoms with van der Waals surface area (Å²) in [6.07, 6.45) is 3.65. The molecule has 0 aliphatic rings. The van der Waals surface area contributed by atoms with Crippen molar-refractivity contribution in [2.75, 3.05) is 26.8 Å². The second-order valence-electron chi connectivity index (χ2n) is 3.58. The van der Waals surface area contributed by atoms with Crippen molar-refractivity contribution in [2.24, 2.45) is 0 Å². The molecule has 0 fully saturated rings. The highest BCUT2D eigenvalue weighted by molar-refractivity contribution is 5.48. The first kappa shape index (κ1) is 12.9. The Morgan fingerprint density at radius 2 is 2.12 bits per heavy atom. The van der Waals surface area contributed by atoms with Gasteiger partial charge >= 0.3 is 0 Å². The molecule has 0 aromatic heterocycles. The van der Waals surface area contributed by atoms with Gasteiger partial charge < -0.3 is 15.2 Å². The summed E-state index contributed by atoms with van der Waals surface area (Å²) in [5, 5.41) is 12.5. The Balaban J connectivity index is 2.14. The molecule has 0 amide bonds. The number of hydrogen-bond acceptors (Lipinski definition) is 3. The fraction of sp³-hybridized carbons (Fsp3) is 0.385. The van der Waals surface area contributed by atoms with Gasteiger partial charge in [0.1, 0.15) is 0 Å². The maximum Gasteiger partial charge on any atom is 0.0897 e. The molecule has 0 spiro atoms. The van der Waals surface area contributed by atoms with Crippen LogP contribution in [-0.2, 0) is 4.74 Å². The lowest BCUT2D eigenvalue weighted by atomic mass is 10.2. The van der Waals surface area contributed by atoms with E-state index in [-0.39, 0.29) is 0 Å². The lowest BCUT2D eigenvalue weighted by Crippen LogP contribution is -2.30. The van der Waals surface area contributed by atoms with Crippen LogP contribution in [0.1, 0.15) is 5.56 Å². The number of nitrogens with one attached hydrogen (secondary N) is 1. The first-order chi connectivity index (χ1) is 7.83. The molecule has 3 nitrogen and oxygen atoms in total. The van der Waals surface area contributed by atoms with Crippen molar-refractivity contribution in [1.29, 1.82) is 0 Å². The van der Waals surface area contributed by atoms with Crippen LogP contribution in [0.15, 0.2) is 36.4 Å². The second-order valence-corrected chi connectivity index (χ2v) is 3.58. The van der Waals surface area contributed by atoms with Crippen molar-refractivity contribution < 1.29 is 9.84 Å². The Labute approximate surface area is 96.8 Å². The molecule has 0 radical (unpaired) electrons. The van der Waals surface area contributed by atoms with Crippen molar-refractivity contribution in [3.05, 3.63) is 42.0 Å². The highest BCUT2D eigenvalue weighted by atomic mass is 16.5. The Hall–Kier alpha value is -1.16. The highest BCUT2D eigenvalue weighted by Crippen LogP contribution is 1.99. The van der Waals surface area contributed by atoms with Crippen LogP contribution in [0.25, 0.3) is 6.08 Å². The molecular formula is C13H19NO2. The molecule has 0 heterocycles. The normalized spacial score (nSPS) is 13.1. The van der Waals surface area contributed by atoms with Crippen LogP contribution >= 0.6 is 0 Å². The number of ether oxygens (including phenoxy) is 1. The number of hydrogen-bond donors (Lipinski definition) is 2. The molecule has 0 aliphatic carbocycles. The number of benzene rings is 1. The van der Waals surface area contributed by atoms with Gasteiger partial charge in [0.15, 0.2) is 0 Å². The Morgan fingerprint density at radius 1 is 1.38 bits per heavy atom. The van der Waals surface area contributed by atoms with E-state index in [1.54, 1.807) is 7.11 Å². The zero-order valence-electron chi connectivity index (χ0n) is 9.60. The summed E-state index contributed by atoms with van der Waals surface area (Å²) >= 11 is 0. The van der Waals surface area contributed by atoms with Gasteiger partial charge in [0.25, 0.3) is 0 Å². The van der Waals surface area contributed by atoms with Crippen molar-refractivity contribution in [3.8, 4) is 0 Å². The van der Waals surface area contributed by atoms with Crippen LogP contribution in [0, 0.1) is 0 Å². The topological polar surface area (TPSA) is 41.5 Å². The molecule has 1 aromatic rings. The monoisotopic (exact) mass is 221 g/mol. The zero-order valence-corrected chi connectivity index (χ0v) is 9.60. The SMILES string of the molecule is COCC(O)CNCC=Cc1ccccc1. The average molecular weight is 221 g/mol. The van der Waals surface area contributed by atoms with Gasteiger partial charge in [-0.25, -0.2) is 0 Å². The summed E-state index contributed by atoms with van der Waals surface area (Å²) in [5.74, 6) is 0. The quantitative estimate of drug-likeness (QED) is 0.682. The fourth-order valence-corrected chi connectivity index (χ4v) is 1.34. The molecule has 0 bridgehead atoms. The third-order valence-corrected chi connectivity index (χ3v) is 2.11. The minimum atomic E-state index is -0.435. The van der Waals surface area contributed by atoms with E-state index in [0.717, 1.165) is 6.54 Å². The van der Waals surface area contributed by atoms with Gasteiger partial charge in [-0.3, -0.25) is 0 Å². The molecule has 3 heteroatoms. The van der Waals surface area contributed by atoms with Crippen LogP contribution < -0.4 is 5.32 Å². The van der Waals surface area contributed by atoms with Gasteiger partial charge in [-0.1, -0.05) is 42.5 Å². The molecule has 1 rings (SSSR count). The fourth-order valence-electron chi connectivity index (χ4n) is 1.34.